The van der Waals surface area contributed by atoms with E-state index in [1.165, 1.54) is 5.56 Å². The van der Waals surface area contributed by atoms with Gasteiger partial charge in [0.25, 0.3) is 0 Å². The summed E-state index contributed by atoms with van der Waals surface area (Å²) in [7, 11) is 0. The second-order valence-electron chi connectivity index (χ2n) is 5.63. The Hall–Kier alpha value is -0.510. The first-order valence-corrected chi connectivity index (χ1v) is 7.46. The Labute approximate surface area is 115 Å². The molecule has 0 amide bonds. The Morgan fingerprint density at radius 2 is 1.83 bits per heavy atom. The van der Waals surface area contributed by atoms with Gasteiger partial charge in [-0.25, -0.2) is 0 Å². The van der Waals surface area contributed by atoms with Crippen LogP contribution in [0.15, 0.2) is 24.3 Å². The molecule has 0 spiro atoms. The summed E-state index contributed by atoms with van der Waals surface area (Å²) in [6.45, 7) is 9.87. The van der Waals surface area contributed by atoms with Crippen LogP contribution in [0.2, 0.25) is 0 Å². The molecule has 2 nitrogen and oxygen atoms in total. The maximum Gasteiger partial charge on any atom is 0.0685 e. The highest BCUT2D eigenvalue weighted by Crippen LogP contribution is 2.23. The zero-order valence-corrected chi connectivity index (χ0v) is 12.7. The minimum atomic E-state index is 0.114. The van der Waals surface area contributed by atoms with Gasteiger partial charge in [-0.2, -0.15) is 11.8 Å². The molecule has 2 N–H and O–H groups in total. The zero-order valence-electron chi connectivity index (χ0n) is 11.9. The van der Waals surface area contributed by atoms with E-state index in [1.807, 2.05) is 30.0 Å². The van der Waals surface area contributed by atoms with Crippen LogP contribution in [-0.2, 0) is 13.2 Å². The van der Waals surface area contributed by atoms with Crippen LogP contribution in [0.5, 0.6) is 0 Å². The summed E-state index contributed by atoms with van der Waals surface area (Å²) in [5, 5.41) is 12.8. The predicted octanol–water partition coefficient (Wildman–Crippen LogP) is 3.19. The minimum absolute atomic E-state index is 0.114. The number of rotatable bonds is 6. The molecule has 18 heavy (non-hydrogen) atoms. The lowest BCUT2D eigenvalue weighted by Crippen LogP contribution is -2.29. The number of aliphatic hydroxyl groups excluding tert-OH is 1. The van der Waals surface area contributed by atoms with Gasteiger partial charge in [0.1, 0.15) is 0 Å². The van der Waals surface area contributed by atoms with Crippen LogP contribution in [0, 0.1) is 0 Å². The van der Waals surface area contributed by atoms with E-state index in [1.54, 1.807) is 0 Å². The van der Waals surface area contributed by atoms with Gasteiger partial charge in [0.05, 0.1) is 6.61 Å². The van der Waals surface area contributed by atoms with E-state index in [4.69, 9.17) is 0 Å². The maximum absolute atomic E-state index is 9.26. The standard InChI is InChI=1S/C15H25NOS/c1-12(11-18-15(2,3)4)16-9-13-7-5-6-8-14(13)10-17/h5-8,12,16-17H,9-11H2,1-4H3. The Morgan fingerprint density at radius 3 is 2.39 bits per heavy atom. The Balaban J connectivity index is 2.40. The Bertz CT molecular complexity index is 360. The molecule has 0 aliphatic carbocycles. The molecule has 0 saturated heterocycles. The van der Waals surface area contributed by atoms with E-state index < -0.39 is 0 Å². The van der Waals surface area contributed by atoms with Gasteiger partial charge >= 0.3 is 0 Å². The van der Waals surface area contributed by atoms with Crippen LogP contribution >= 0.6 is 11.8 Å². The van der Waals surface area contributed by atoms with Gasteiger partial charge in [0.15, 0.2) is 0 Å². The molecule has 1 unspecified atom stereocenters. The molecular formula is C15H25NOS. The molecule has 0 radical (unpaired) electrons. The van der Waals surface area contributed by atoms with E-state index in [2.05, 4.69) is 39.1 Å². The lowest BCUT2D eigenvalue weighted by atomic mass is 10.1. The Morgan fingerprint density at radius 1 is 1.22 bits per heavy atom. The second kappa shape index (κ2) is 7.17. The number of hydrogen-bond acceptors (Lipinski definition) is 3. The zero-order chi connectivity index (χ0) is 13.6. The summed E-state index contributed by atoms with van der Waals surface area (Å²) in [4.78, 5) is 0. The summed E-state index contributed by atoms with van der Waals surface area (Å²) in [5.41, 5.74) is 2.20. The van der Waals surface area contributed by atoms with Crippen LogP contribution in [0.1, 0.15) is 38.8 Å². The first kappa shape index (κ1) is 15.5. The highest BCUT2D eigenvalue weighted by molar-refractivity contribution is 8.00. The van der Waals surface area contributed by atoms with Crippen molar-refractivity contribution in [3.8, 4) is 0 Å². The van der Waals surface area contributed by atoms with Crippen molar-refractivity contribution in [3.05, 3.63) is 35.4 Å². The summed E-state index contributed by atoms with van der Waals surface area (Å²) < 4.78 is 0.318. The van der Waals surface area contributed by atoms with Gasteiger partial charge in [-0.3, -0.25) is 0 Å². The molecule has 0 aliphatic rings. The van der Waals surface area contributed by atoms with Crippen molar-refractivity contribution in [2.75, 3.05) is 5.75 Å². The van der Waals surface area contributed by atoms with E-state index in [0.717, 1.165) is 17.9 Å². The van der Waals surface area contributed by atoms with Crippen molar-refractivity contribution in [1.82, 2.24) is 5.32 Å². The van der Waals surface area contributed by atoms with Gasteiger partial charge in [-0.15, -0.1) is 0 Å². The van der Waals surface area contributed by atoms with Crippen molar-refractivity contribution in [2.45, 2.75) is 51.6 Å². The fourth-order valence-electron chi connectivity index (χ4n) is 1.60. The minimum Gasteiger partial charge on any atom is -0.392 e. The molecule has 0 aromatic heterocycles. The summed E-state index contributed by atoms with van der Waals surface area (Å²) in [6.07, 6.45) is 0. The number of hydrogen-bond donors (Lipinski definition) is 2. The molecule has 0 bridgehead atoms. The Kier molecular flexibility index (Phi) is 6.19. The average Bonchev–Trinajstić information content (AvgIpc) is 2.33. The largest absolute Gasteiger partial charge is 0.392 e. The van der Waals surface area contributed by atoms with E-state index in [9.17, 15) is 5.11 Å². The topological polar surface area (TPSA) is 32.3 Å². The normalized spacial score (nSPS) is 13.6. The van der Waals surface area contributed by atoms with Crippen LogP contribution < -0.4 is 5.32 Å². The van der Waals surface area contributed by atoms with Crippen molar-refractivity contribution >= 4 is 11.8 Å². The highest BCUT2D eigenvalue weighted by Gasteiger charge is 2.12. The first-order valence-electron chi connectivity index (χ1n) is 6.47. The highest BCUT2D eigenvalue weighted by atomic mass is 32.2. The average molecular weight is 267 g/mol. The summed E-state index contributed by atoms with van der Waals surface area (Å²) in [5.74, 6) is 1.10. The SMILES string of the molecule is CC(CSC(C)(C)C)NCc1ccccc1CO. The third kappa shape index (κ3) is 5.89. The third-order valence-corrected chi connectivity index (χ3v) is 4.23. The van der Waals surface area contributed by atoms with Crippen LogP contribution in [0.25, 0.3) is 0 Å². The monoisotopic (exact) mass is 267 g/mol. The molecule has 0 heterocycles. The molecule has 0 fully saturated rings. The number of thioether (sulfide) groups is 1. The van der Waals surface area contributed by atoms with Crippen molar-refractivity contribution < 1.29 is 5.11 Å². The van der Waals surface area contributed by atoms with Crippen molar-refractivity contribution in [1.29, 1.82) is 0 Å². The second-order valence-corrected chi connectivity index (χ2v) is 7.48. The molecule has 102 valence electrons. The van der Waals surface area contributed by atoms with Gasteiger partial charge in [-0.05, 0) is 18.1 Å². The summed E-state index contributed by atoms with van der Waals surface area (Å²) in [6, 6.07) is 8.51. The lowest BCUT2D eigenvalue weighted by molar-refractivity contribution is 0.280. The fourth-order valence-corrected chi connectivity index (χ4v) is 2.47. The number of nitrogens with one attached hydrogen (secondary N) is 1. The molecular weight excluding hydrogens is 242 g/mol. The van der Waals surface area contributed by atoms with E-state index in [-0.39, 0.29) is 6.61 Å². The van der Waals surface area contributed by atoms with E-state index >= 15 is 0 Å². The van der Waals surface area contributed by atoms with Gasteiger partial charge in [0, 0.05) is 23.1 Å². The molecule has 1 aromatic rings. The first-order chi connectivity index (χ1) is 8.42. The molecule has 1 rings (SSSR count). The third-order valence-electron chi connectivity index (χ3n) is 2.70. The maximum atomic E-state index is 9.26. The fraction of sp³-hybridized carbons (Fsp3) is 0.600. The number of aliphatic hydroxyl groups is 1. The van der Waals surface area contributed by atoms with Crippen LogP contribution in [0.4, 0.5) is 0 Å². The van der Waals surface area contributed by atoms with Crippen molar-refractivity contribution in [3.63, 3.8) is 0 Å². The summed E-state index contributed by atoms with van der Waals surface area (Å²) >= 11 is 1.97. The van der Waals surface area contributed by atoms with Gasteiger partial charge in [-0.1, -0.05) is 45.0 Å². The molecule has 3 heteroatoms. The van der Waals surface area contributed by atoms with Crippen LogP contribution in [-0.4, -0.2) is 21.6 Å². The van der Waals surface area contributed by atoms with Crippen LogP contribution in [0.3, 0.4) is 0 Å². The van der Waals surface area contributed by atoms with Gasteiger partial charge in [0.2, 0.25) is 0 Å². The van der Waals surface area contributed by atoms with E-state index in [0.29, 0.717) is 10.8 Å². The van der Waals surface area contributed by atoms with Crippen molar-refractivity contribution in [2.24, 2.45) is 0 Å². The molecule has 1 aromatic carbocycles. The predicted molar refractivity (Wildman–Crippen MR) is 80.9 cm³/mol. The molecule has 1 atom stereocenters. The number of benzene rings is 1. The quantitative estimate of drug-likeness (QED) is 0.830. The smallest absolute Gasteiger partial charge is 0.0685 e. The van der Waals surface area contributed by atoms with Gasteiger partial charge < -0.3 is 10.4 Å². The molecule has 0 saturated carbocycles. The molecule has 0 aliphatic heterocycles. The lowest BCUT2D eigenvalue weighted by Gasteiger charge is -2.21.